The van der Waals surface area contributed by atoms with Crippen LogP contribution in [-0.2, 0) is 0 Å². The van der Waals surface area contributed by atoms with Crippen LogP contribution in [0.4, 0.5) is 0 Å². The van der Waals surface area contributed by atoms with Gasteiger partial charge in [0.05, 0.1) is 0 Å². The quantitative estimate of drug-likeness (QED) is 0.450. The van der Waals surface area contributed by atoms with Gasteiger partial charge in [-0.2, -0.15) is 0 Å². The lowest BCUT2D eigenvalue weighted by molar-refractivity contribution is 0.0872. The number of phenolic OH excluding ortho intramolecular Hbond substituents is 3. The van der Waals surface area contributed by atoms with E-state index >= 15 is 0 Å². The summed E-state index contributed by atoms with van der Waals surface area (Å²) >= 11 is 0. The van der Waals surface area contributed by atoms with Gasteiger partial charge in [0.15, 0.2) is 5.78 Å². The maximum Gasteiger partial charge on any atom is 0.174 e. The van der Waals surface area contributed by atoms with E-state index in [-0.39, 0.29) is 28.9 Å². The standard InChI is InChI=1S/C25H28O4/c1-15(2)9-11-19-16(3)10-12-20(23(19)17-7-5-4-6-8-17)25(29)24-21(27)13-18(26)14-22(24)28/h4-10,13-14,19-20,23,26-28H,11-12H2,1-3H3/t19-,20-,23-/m1/s1. The molecule has 0 aliphatic heterocycles. The molecule has 0 amide bonds. The van der Waals surface area contributed by atoms with E-state index in [0.29, 0.717) is 6.42 Å². The molecule has 4 heteroatoms. The molecule has 0 fully saturated rings. The Morgan fingerprint density at radius 3 is 2.28 bits per heavy atom. The van der Waals surface area contributed by atoms with Gasteiger partial charge in [-0.05, 0) is 45.1 Å². The number of hydrogen-bond donors (Lipinski definition) is 3. The van der Waals surface area contributed by atoms with Gasteiger partial charge in [-0.3, -0.25) is 4.79 Å². The molecule has 3 atom stereocenters. The zero-order valence-electron chi connectivity index (χ0n) is 17.1. The second-order valence-electron chi connectivity index (χ2n) is 8.07. The Morgan fingerprint density at radius 2 is 1.69 bits per heavy atom. The van der Waals surface area contributed by atoms with Gasteiger partial charge in [0, 0.05) is 24.0 Å². The summed E-state index contributed by atoms with van der Waals surface area (Å²) in [4.78, 5) is 13.5. The lowest BCUT2D eigenvalue weighted by Crippen LogP contribution is -2.31. The van der Waals surface area contributed by atoms with E-state index in [1.54, 1.807) is 0 Å². The molecule has 0 saturated carbocycles. The van der Waals surface area contributed by atoms with Gasteiger partial charge in [0.2, 0.25) is 0 Å². The number of rotatable bonds is 5. The van der Waals surface area contributed by atoms with Gasteiger partial charge < -0.3 is 15.3 Å². The van der Waals surface area contributed by atoms with Crippen LogP contribution < -0.4 is 0 Å². The Hall–Kier alpha value is -3.01. The van der Waals surface area contributed by atoms with Crippen molar-refractivity contribution in [3.05, 3.63) is 76.9 Å². The second-order valence-corrected chi connectivity index (χ2v) is 8.07. The lowest BCUT2D eigenvalue weighted by atomic mass is 9.65. The van der Waals surface area contributed by atoms with Crippen LogP contribution >= 0.6 is 0 Å². The number of allylic oxidation sites excluding steroid dienone is 4. The van der Waals surface area contributed by atoms with E-state index < -0.39 is 17.4 Å². The molecule has 0 bridgehead atoms. The Morgan fingerprint density at radius 1 is 1.07 bits per heavy atom. The minimum atomic E-state index is -0.419. The molecule has 0 radical (unpaired) electrons. The van der Waals surface area contributed by atoms with E-state index in [9.17, 15) is 20.1 Å². The number of aromatic hydroxyl groups is 3. The fourth-order valence-electron chi connectivity index (χ4n) is 4.31. The predicted molar refractivity (Wildman–Crippen MR) is 114 cm³/mol. The molecule has 3 rings (SSSR count). The summed E-state index contributed by atoms with van der Waals surface area (Å²) < 4.78 is 0. The first-order chi connectivity index (χ1) is 13.8. The van der Waals surface area contributed by atoms with E-state index in [0.717, 1.165) is 24.1 Å². The molecular formula is C25H28O4. The van der Waals surface area contributed by atoms with Crippen molar-refractivity contribution in [3.8, 4) is 17.2 Å². The maximum absolute atomic E-state index is 13.5. The molecule has 152 valence electrons. The van der Waals surface area contributed by atoms with Gasteiger partial charge in [-0.25, -0.2) is 0 Å². The van der Waals surface area contributed by atoms with Crippen molar-refractivity contribution >= 4 is 5.78 Å². The monoisotopic (exact) mass is 392 g/mol. The van der Waals surface area contributed by atoms with Crippen molar-refractivity contribution in [2.45, 2.75) is 39.5 Å². The van der Waals surface area contributed by atoms with Gasteiger partial charge >= 0.3 is 0 Å². The van der Waals surface area contributed by atoms with Crippen LogP contribution in [0, 0.1) is 11.8 Å². The molecular weight excluding hydrogens is 364 g/mol. The van der Waals surface area contributed by atoms with Crippen LogP contribution in [0.15, 0.2) is 65.8 Å². The minimum Gasteiger partial charge on any atom is -0.508 e. The molecule has 1 aliphatic carbocycles. The van der Waals surface area contributed by atoms with Crippen molar-refractivity contribution in [2.75, 3.05) is 0 Å². The Labute approximate surface area is 171 Å². The summed E-state index contributed by atoms with van der Waals surface area (Å²) in [6, 6.07) is 12.2. The number of carbonyl (C=O) groups is 1. The van der Waals surface area contributed by atoms with Crippen LogP contribution in [0.2, 0.25) is 0 Å². The van der Waals surface area contributed by atoms with E-state index in [4.69, 9.17) is 0 Å². The first-order valence-electron chi connectivity index (χ1n) is 9.93. The third-order valence-electron chi connectivity index (χ3n) is 5.77. The maximum atomic E-state index is 13.5. The molecule has 2 aromatic rings. The van der Waals surface area contributed by atoms with Crippen molar-refractivity contribution in [2.24, 2.45) is 11.8 Å². The zero-order valence-corrected chi connectivity index (χ0v) is 17.1. The highest BCUT2D eigenvalue weighted by Crippen LogP contribution is 2.47. The summed E-state index contributed by atoms with van der Waals surface area (Å²) in [5.74, 6) is -1.72. The molecule has 0 saturated heterocycles. The summed E-state index contributed by atoms with van der Waals surface area (Å²) in [5.41, 5.74) is 3.43. The molecule has 4 nitrogen and oxygen atoms in total. The fourth-order valence-corrected chi connectivity index (χ4v) is 4.31. The first kappa shape index (κ1) is 20.7. The van der Waals surface area contributed by atoms with Gasteiger partial charge in [0.1, 0.15) is 22.8 Å². The summed E-state index contributed by atoms with van der Waals surface area (Å²) in [6.07, 6.45) is 5.65. The van der Waals surface area contributed by atoms with E-state index in [2.05, 4.69) is 32.9 Å². The molecule has 0 unspecified atom stereocenters. The van der Waals surface area contributed by atoms with Crippen LogP contribution in [-0.4, -0.2) is 21.1 Å². The summed E-state index contributed by atoms with van der Waals surface area (Å²) in [6.45, 7) is 6.23. The first-order valence-corrected chi connectivity index (χ1v) is 9.93. The SMILES string of the molecule is CC(C)=CC[C@@H]1C(C)=CC[C@@H](C(=O)c2c(O)cc(O)cc2O)[C@@H]1c1ccccc1. The predicted octanol–water partition coefficient (Wildman–Crippen LogP) is 5.71. The average molecular weight is 392 g/mol. The second kappa shape index (κ2) is 8.56. The van der Waals surface area contributed by atoms with Crippen molar-refractivity contribution in [1.82, 2.24) is 0 Å². The molecule has 3 N–H and O–H groups in total. The highest BCUT2D eigenvalue weighted by atomic mass is 16.3. The molecule has 0 aromatic heterocycles. The van der Waals surface area contributed by atoms with E-state index in [1.165, 1.54) is 11.1 Å². The number of ketones is 1. The van der Waals surface area contributed by atoms with Crippen molar-refractivity contribution in [3.63, 3.8) is 0 Å². The van der Waals surface area contributed by atoms with Crippen molar-refractivity contribution < 1.29 is 20.1 Å². The van der Waals surface area contributed by atoms with Crippen LogP contribution in [0.25, 0.3) is 0 Å². The normalized spacial score (nSPS) is 21.3. The number of carbonyl (C=O) groups excluding carboxylic acids is 1. The number of Topliss-reactive ketones (excluding diaryl/α,β-unsaturated/α-hetero) is 1. The molecule has 0 spiro atoms. The average Bonchev–Trinajstić information content (AvgIpc) is 2.66. The molecule has 1 aliphatic rings. The van der Waals surface area contributed by atoms with Crippen molar-refractivity contribution in [1.29, 1.82) is 0 Å². The Kier molecular flexibility index (Phi) is 6.12. The van der Waals surface area contributed by atoms with E-state index in [1.807, 2.05) is 30.3 Å². The molecule has 2 aromatic carbocycles. The van der Waals surface area contributed by atoms with Gasteiger partial charge in [-0.1, -0.05) is 53.6 Å². The number of phenols is 3. The molecule has 0 heterocycles. The third kappa shape index (κ3) is 4.37. The number of benzene rings is 2. The lowest BCUT2D eigenvalue weighted by Gasteiger charge is -2.37. The highest BCUT2D eigenvalue weighted by molar-refractivity contribution is 6.03. The molecule has 29 heavy (non-hydrogen) atoms. The largest absolute Gasteiger partial charge is 0.508 e. The third-order valence-corrected chi connectivity index (χ3v) is 5.77. The summed E-state index contributed by atoms with van der Waals surface area (Å²) in [5, 5.41) is 30.1. The zero-order chi connectivity index (χ0) is 21.1. The summed E-state index contributed by atoms with van der Waals surface area (Å²) in [7, 11) is 0. The van der Waals surface area contributed by atoms with Crippen LogP contribution in [0.3, 0.4) is 0 Å². The highest BCUT2D eigenvalue weighted by Gasteiger charge is 2.39. The minimum absolute atomic E-state index is 0.0723. The smallest absolute Gasteiger partial charge is 0.174 e. The number of hydrogen-bond acceptors (Lipinski definition) is 4. The van der Waals surface area contributed by atoms with Gasteiger partial charge in [0.25, 0.3) is 0 Å². The van der Waals surface area contributed by atoms with Crippen LogP contribution in [0.1, 0.15) is 55.5 Å². The Balaban J connectivity index is 2.09. The van der Waals surface area contributed by atoms with Crippen LogP contribution in [0.5, 0.6) is 17.2 Å². The topological polar surface area (TPSA) is 77.8 Å². The fraction of sp³-hybridized carbons (Fsp3) is 0.320. The Bertz CT molecular complexity index is 929. The van der Waals surface area contributed by atoms with Gasteiger partial charge in [-0.15, -0.1) is 0 Å².